The number of aromatic nitrogens is 7. The molecule has 0 atom stereocenters. The number of halogens is 1. The Balaban J connectivity index is 0.594. The van der Waals surface area contributed by atoms with Crippen molar-refractivity contribution in [2.75, 3.05) is 59.2 Å². The van der Waals surface area contributed by atoms with Gasteiger partial charge in [0.25, 0.3) is 17.5 Å². The van der Waals surface area contributed by atoms with Gasteiger partial charge in [-0.2, -0.15) is 10.1 Å². The van der Waals surface area contributed by atoms with Gasteiger partial charge in [-0.15, -0.1) is 0 Å². The monoisotopic (exact) mass is 1110 g/mol. The van der Waals surface area contributed by atoms with E-state index in [0.29, 0.717) is 91.9 Å². The summed E-state index contributed by atoms with van der Waals surface area (Å²) in [5.41, 5.74) is 8.85. The fourth-order valence-corrected chi connectivity index (χ4v) is 10.3. The van der Waals surface area contributed by atoms with E-state index >= 15 is 0 Å². The molecule has 10 rings (SSSR count). The van der Waals surface area contributed by atoms with E-state index in [2.05, 4.69) is 65.3 Å². The van der Waals surface area contributed by atoms with E-state index in [9.17, 15) is 24.3 Å². The number of rotatable bonds is 23. The van der Waals surface area contributed by atoms with Crippen LogP contribution in [0.15, 0.2) is 133 Å². The van der Waals surface area contributed by atoms with Crippen LogP contribution < -0.4 is 26.2 Å². The van der Waals surface area contributed by atoms with Crippen molar-refractivity contribution >= 4 is 67.9 Å². The van der Waals surface area contributed by atoms with Gasteiger partial charge < -0.3 is 49.7 Å². The van der Waals surface area contributed by atoms with Gasteiger partial charge in [0.2, 0.25) is 11.8 Å². The molecule has 1 fully saturated rings. The summed E-state index contributed by atoms with van der Waals surface area (Å²) in [7, 11) is 3.77. The van der Waals surface area contributed by atoms with E-state index in [1.54, 1.807) is 28.8 Å². The van der Waals surface area contributed by atoms with Crippen LogP contribution in [-0.4, -0.2) is 126 Å². The van der Waals surface area contributed by atoms with Crippen LogP contribution in [0.2, 0.25) is 5.02 Å². The zero-order valence-electron chi connectivity index (χ0n) is 45.5. The predicted molar refractivity (Wildman–Crippen MR) is 312 cm³/mol. The van der Waals surface area contributed by atoms with Crippen LogP contribution in [0.1, 0.15) is 46.3 Å². The van der Waals surface area contributed by atoms with Gasteiger partial charge in [0.1, 0.15) is 11.3 Å². The Bertz CT molecular complexity index is 3820. The summed E-state index contributed by atoms with van der Waals surface area (Å²) in [4.78, 5) is 66.7. The molecule has 3 amide bonds. The molecule has 0 spiro atoms. The Hall–Kier alpha value is -8.46. The second-order valence-electron chi connectivity index (χ2n) is 20.4. The van der Waals surface area contributed by atoms with Gasteiger partial charge in [0.05, 0.1) is 79.6 Å². The maximum atomic E-state index is 13.7. The van der Waals surface area contributed by atoms with Crippen LogP contribution in [-0.2, 0) is 46.2 Å². The molecule has 0 unspecified atom stereocenters. The maximum absolute atomic E-state index is 13.7. The molecule has 0 saturated carbocycles. The van der Waals surface area contributed by atoms with Gasteiger partial charge in [0.15, 0.2) is 5.52 Å². The molecule has 0 aliphatic carbocycles. The number of H-pyrrole nitrogens is 1. The van der Waals surface area contributed by atoms with Crippen LogP contribution in [0.4, 0.5) is 0 Å². The van der Waals surface area contributed by atoms with E-state index in [1.165, 1.54) is 10.9 Å². The number of nitrogens with one attached hydrogen (secondary N) is 4. The van der Waals surface area contributed by atoms with Crippen LogP contribution in [0.3, 0.4) is 0 Å². The first-order valence-corrected chi connectivity index (χ1v) is 27.3. The Morgan fingerprint density at radius 2 is 1.59 bits per heavy atom. The number of hydrogen-bond acceptors (Lipinski definition) is 12. The fraction of sp³-hybridized carbons (Fsp3) is 0.295. The molecule has 5 N–H and O–H groups in total. The molecule has 1 aliphatic heterocycles. The highest BCUT2D eigenvalue weighted by atomic mass is 35.5. The predicted octanol–water partition coefficient (Wildman–Crippen LogP) is 7.71. The smallest absolute Gasteiger partial charge is 0.300 e. The number of fused-ring (bicyclic) bond motifs is 3. The molecule has 81 heavy (non-hydrogen) atoms. The molecule has 20 heteroatoms. The van der Waals surface area contributed by atoms with E-state index in [1.807, 2.05) is 99.0 Å². The third-order valence-electron chi connectivity index (χ3n) is 14.6. The number of carbonyl (C=O) groups excluding carboxylic acids is 3. The van der Waals surface area contributed by atoms with Crippen molar-refractivity contribution in [3.8, 4) is 34.1 Å². The second-order valence-corrected chi connectivity index (χ2v) is 20.8. The summed E-state index contributed by atoms with van der Waals surface area (Å²) in [5, 5.41) is 26.7. The number of benzene rings is 5. The summed E-state index contributed by atoms with van der Waals surface area (Å²) in [6, 6.07) is 35.0. The van der Waals surface area contributed by atoms with E-state index < -0.39 is 5.60 Å². The average molecular weight is 1110 g/mol. The Morgan fingerprint density at radius 3 is 2.36 bits per heavy atom. The molecular formula is C61H64ClN11O8. The highest BCUT2D eigenvalue weighted by Crippen LogP contribution is 2.35. The number of imidazole rings is 1. The normalized spacial score (nSPS) is 13.3. The van der Waals surface area contributed by atoms with Gasteiger partial charge >= 0.3 is 0 Å². The van der Waals surface area contributed by atoms with Crippen LogP contribution >= 0.6 is 11.6 Å². The van der Waals surface area contributed by atoms with Crippen LogP contribution in [0, 0.1) is 6.92 Å². The number of aromatic amines is 1. The Labute approximate surface area is 472 Å². The third-order valence-corrected chi connectivity index (χ3v) is 14.9. The molecule has 19 nitrogen and oxygen atoms in total. The van der Waals surface area contributed by atoms with Crippen molar-refractivity contribution in [3.63, 3.8) is 0 Å². The van der Waals surface area contributed by atoms with Crippen molar-refractivity contribution in [2.45, 2.75) is 44.9 Å². The maximum Gasteiger partial charge on any atom is 0.300 e. The number of carbonyl (C=O) groups is 3. The van der Waals surface area contributed by atoms with Crippen LogP contribution in [0.5, 0.6) is 11.8 Å². The van der Waals surface area contributed by atoms with Gasteiger partial charge in [0, 0.05) is 80.6 Å². The quantitative estimate of drug-likeness (QED) is 0.0389. The molecular weight excluding hydrogens is 1050 g/mol. The number of piperidine rings is 1. The first-order chi connectivity index (χ1) is 39.2. The zero-order chi connectivity index (χ0) is 56.6. The first kappa shape index (κ1) is 55.8. The molecule has 1 saturated heterocycles. The minimum absolute atomic E-state index is 0.0329. The Kier molecular flexibility index (Phi) is 17.2. The minimum atomic E-state index is -1.19. The molecule has 5 heterocycles. The highest BCUT2D eigenvalue weighted by molar-refractivity contribution is 6.34. The topological polar surface area (TPSA) is 225 Å². The lowest BCUT2D eigenvalue weighted by atomic mass is 9.90. The van der Waals surface area contributed by atoms with Gasteiger partial charge in [-0.25, -0.2) is 4.98 Å². The summed E-state index contributed by atoms with van der Waals surface area (Å²) in [5.74, 6) is -0.0284. The molecule has 5 aromatic carbocycles. The number of aliphatic hydroxyl groups is 1. The molecule has 4 aromatic heterocycles. The van der Waals surface area contributed by atoms with E-state index in [-0.39, 0.29) is 67.5 Å². The summed E-state index contributed by atoms with van der Waals surface area (Å²) < 4.78 is 22.5. The second kappa shape index (κ2) is 24.9. The number of nitrogens with zero attached hydrogens (tertiary/aromatic N) is 7. The molecule has 418 valence electrons. The van der Waals surface area contributed by atoms with Crippen molar-refractivity contribution in [1.29, 1.82) is 0 Å². The lowest BCUT2D eigenvalue weighted by Crippen LogP contribution is -2.49. The summed E-state index contributed by atoms with van der Waals surface area (Å²) >= 11 is 6.74. The highest BCUT2D eigenvalue weighted by Gasteiger charge is 2.35. The van der Waals surface area contributed by atoms with E-state index in [4.69, 9.17) is 25.8 Å². The van der Waals surface area contributed by atoms with Crippen LogP contribution in [0.25, 0.3) is 60.9 Å². The van der Waals surface area contributed by atoms with Crippen molar-refractivity contribution in [1.82, 2.24) is 54.7 Å². The number of amides is 3. The lowest BCUT2D eigenvalue weighted by molar-refractivity contribution is -0.134. The fourth-order valence-electron chi connectivity index (χ4n) is 10.1. The van der Waals surface area contributed by atoms with Crippen molar-refractivity contribution in [2.24, 2.45) is 14.1 Å². The van der Waals surface area contributed by atoms with Gasteiger partial charge in [-0.3, -0.25) is 28.4 Å². The summed E-state index contributed by atoms with van der Waals surface area (Å²) in [6.07, 6.45) is 4.32. The number of likely N-dealkylation sites (tertiary alicyclic amines) is 1. The van der Waals surface area contributed by atoms with Crippen molar-refractivity contribution < 1.29 is 33.7 Å². The SMILES string of the molecule is C=C(CC(=O)N1CCC(O)(Cn2cnc3c(-c4ccc(CNCC(=O)NCCOCCOCCNC(=O)c5cc(Oc6nc7cc(-c8ccc9c(ccn9C)c8)c(Cl)cc7[nH]6)ccc5C)cc4)n(C)nc3c2=O)CC1)c1ccccc1. The first-order valence-electron chi connectivity index (χ1n) is 26.9. The zero-order valence-corrected chi connectivity index (χ0v) is 46.2. The standard InChI is InChI=1S/C61H64ClN11O8/c1-39-10-16-46(81-60-67-50-33-48(49(62)34-51(50)68-60)44-15-17-52-45(31-44)18-23-70(52)3)32-47(39)58(76)65-22-27-80-29-28-79-26-21-64-53(74)36-63-35-41-11-13-43(14-12-41)57-55-56(69-71(57)4)59(77)73(38-66-55)37-61(78)19-24-72(25-20-61)54(75)30-40(2)42-8-6-5-7-9-42/h5-18,23,31-34,38,63,78H,2,19-22,24-30,35-37H2,1,3-4H3,(H,64,74)(H,65,76)(H,67,68). The third kappa shape index (κ3) is 13.3. The van der Waals surface area contributed by atoms with E-state index in [0.717, 1.165) is 55.4 Å². The molecule has 0 bridgehead atoms. The molecule has 1 aliphatic rings. The Morgan fingerprint density at radius 1 is 0.852 bits per heavy atom. The minimum Gasteiger partial charge on any atom is -0.426 e. The van der Waals surface area contributed by atoms with Crippen molar-refractivity contribution in [3.05, 3.63) is 166 Å². The number of ether oxygens (including phenoxy) is 3. The molecule has 0 radical (unpaired) electrons. The number of aryl methyl sites for hydroxylation is 3. The average Bonchev–Trinajstić information content (AvgIpc) is 4.30. The summed E-state index contributed by atoms with van der Waals surface area (Å²) in [6.45, 7) is 9.12. The molecule has 9 aromatic rings. The number of hydrogen-bond donors (Lipinski definition) is 5. The largest absolute Gasteiger partial charge is 0.426 e. The van der Waals surface area contributed by atoms with Gasteiger partial charge in [-0.05, 0) is 90.1 Å². The lowest BCUT2D eigenvalue weighted by Gasteiger charge is -2.38. The van der Waals surface area contributed by atoms with Gasteiger partial charge in [-0.1, -0.05) is 84.9 Å².